The zero-order valence-corrected chi connectivity index (χ0v) is 10.4. The highest BCUT2D eigenvalue weighted by Crippen LogP contribution is 2.27. The van der Waals surface area contributed by atoms with Crippen molar-refractivity contribution in [3.8, 4) is 5.75 Å². The minimum Gasteiger partial charge on any atom is -0.497 e. The Balaban J connectivity index is 2.56. The van der Waals surface area contributed by atoms with Crippen molar-refractivity contribution in [1.82, 2.24) is 0 Å². The van der Waals surface area contributed by atoms with E-state index in [-0.39, 0.29) is 5.41 Å². The molecular formula is C15H18O. The van der Waals surface area contributed by atoms with Gasteiger partial charge in [-0.2, -0.15) is 0 Å². The van der Waals surface area contributed by atoms with Crippen molar-refractivity contribution in [3.05, 3.63) is 42.0 Å². The lowest BCUT2D eigenvalue weighted by Gasteiger charge is -2.19. The number of fused-ring (bicyclic) bond motifs is 1. The number of ether oxygens (including phenoxy) is 1. The number of methoxy groups -OCH3 is 1. The molecule has 1 heteroatoms. The van der Waals surface area contributed by atoms with Gasteiger partial charge in [-0.3, -0.25) is 0 Å². The van der Waals surface area contributed by atoms with Crippen LogP contribution in [-0.4, -0.2) is 7.11 Å². The van der Waals surface area contributed by atoms with E-state index in [9.17, 15) is 0 Å². The standard InChI is InChI=1S/C15H18O/c1-15(2,3)13-7-5-12-10-14(16-4)8-6-11(12)9-13/h5-10H,1-4H3. The van der Waals surface area contributed by atoms with Crippen molar-refractivity contribution in [2.75, 3.05) is 7.11 Å². The Kier molecular flexibility index (Phi) is 2.63. The highest BCUT2D eigenvalue weighted by Gasteiger charge is 2.13. The molecular weight excluding hydrogens is 196 g/mol. The summed E-state index contributed by atoms with van der Waals surface area (Å²) in [4.78, 5) is 0. The third-order valence-corrected chi connectivity index (χ3v) is 2.91. The summed E-state index contributed by atoms with van der Waals surface area (Å²) < 4.78 is 5.22. The normalized spacial score (nSPS) is 11.8. The fraction of sp³-hybridized carbons (Fsp3) is 0.333. The summed E-state index contributed by atoms with van der Waals surface area (Å²) in [5.41, 5.74) is 1.57. The van der Waals surface area contributed by atoms with E-state index in [2.05, 4.69) is 51.1 Å². The lowest BCUT2D eigenvalue weighted by Crippen LogP contribution is -2.10. The van der Waals surface area contributed by atoms with Gasteiger partial charge in [0.1, 0.15) is 5.75 Å². The van der Waals surface area contributed by atoms with E-state index in [0.29, 0.717) is 0 Å². The zero-order valence-electron chi connectivity index (χ0n) is 10.4. The second-order valence-electron chi connectivity index (χ2n) is 5.18. The van der Waals surface area contributed by atoms with Crippen LogP contribution in [0.5, 0.6) is 5.75 Å². The summed E-state index contributed by atoms with van der Waals surface area (Å²) in [5, 5.41) is 2.50. The van der Waals surface area contributed by atoms with Crippen LogP contribution >= 0.6 is 0 Å². The Hall–Kier alpha value is -1.50. The Morgan fingerprint density at radius 3 is 2.12 bits per heavy atom. The van der Waals surface area contributed by atoms with Crippen LogP contribution < -0.4 is 4.74 Å². The van der Waals surface area contributed by atoms with Gasteiger partial charge in [0.2, 0.25) is 0 Å². The molecule has 84 valence electrons. The third kappa shape index (κ3) is 2.04. The fourth-order valence-corrected chi connectivity index (χ4v) is 1.82. The summed E-state index contributed by atoms with van der Waals surface area (Å²) in [6.07, 6.45) is 0. The highest BCUT2D eigenvalue weighted by atomic mass is 16.5. The minimum atomic E-state index is 0.202. The maximum absolute atomic E-state index is 5.22. The fourth-order valence-electron chi connectivity index (χ4n) is 1.82. The first-order chi connectivity index (χ1) is 7.50. The Morgan fingerprint density at radius 2 is 1.50 bits per heavy atom. The smallest absolute Gasteiger partial charge is 0.119 e. The van der Waals surface area contributed by atoms with Gasteiger partial charge < -0.3 is 4.74 Å². The molecule has 0 saturated heterocycles. The molecule has 0 N–H and O–H groups in total. The molecule has 0 aliphatic heterocycles. The summed E-state index contributed by atoms with van der Waals surface area (Å²) >= 11 is 0. The predicted molar refractivity (Wildman–Crippen MR) is 69.2 cm³/mol. The maximum Gasteiger partial charge on any atom is 0.119 e. The lowest BCUT2D eigenvalue weighted by molar-refractivity contribution is 0.415. The number of hydrogen-bond acceptors (Lipinski definition) is 1. The van der Waals surface area contributed by atoms with Gasteiger partial charge in [-0.15, -0.1) is 0 Å². The van der Waals surface area contributed by atoms with Gasteiger partial charge in [-0.05, 0) is 33.9 Å². The van der Waals surface area contributed by atoms with Gasteiger partial charge in [-0.1, -0.05) is 45.0 Å². The molecule has 2 aromatic carbocycles. The van der Waals surface area contributed by atoms with Crippen molar-refractivity contribution in [1.29, 1.82) is 0 Å². The van der Waals surface area contributed by atoms with Crippen LogP contribution in [0, 0.1) is 0 Å². The zero-order chi connectivity index (χ0) is 11.8. The highest BCUT2D eigenvalue weighted by molar-refractivity contribution is 5.84. The molecule has 0 bridgehead atoms. The van der Waals surface area contributed by atoms with Gasteiger partial charge in [-0.25, -0.2) is 0 Å². The van der Waals surface area contributed by atoms with Gasteiger partial charge >= 0.3 is 0 Å². The molecule has 2 aromatic rings. The van der Waals surface area contributed by atoms with Crippen LogP contribution in [0.25, 0.3) is 10.8 Å². The Labute approximate surface area is 97.1 Å². The van der Waals surface area contributed by atoms with Crippen molar-refractivity contribution in [2.24, 2.45) is 0 Å². The van der Waals surface area contributed by atoms with Gasteiger partial charge in [0.15, 0.2) is 0 Å². The van der Waals surface area contributed by atoms with E-state index >= 15 is 0 Å². The molecule has 2 rings (SSSR count). The molecule has 0 saturated carbocycles. The molecule has 0 amide bonds. The molecule has 0 spiro atoms. The van der Waals surface area contributed by atoms with E-state index in [0.717, 1.165) is 5.75 Å². The quantitative estimate of drug-likeness (QED) is 0.693. The van der Waals surface area contributed by atoms with Crippen LogP contribution in [-0.2, 0) is 5.41 Å². The minimum absolute atomic E-state index is 0.202. The third-order valence-electron chi connectivity index (χ3n) is 2.91. The van der Waals surface area contributed by atoms with Crippen molar-refractivity contribution >= 4 is 10.8 Å². The molecule has 0 fully saturated rings. The molecule has 0 aliphatic rings. The molecule has 0 heterocycles. The lowest BCUT2D eigenvalue weighted by atomic mass is 9.86. The van der Waals surface area contributed by atoms with Crippen molar-refractivity contribution in [2.45, 2.75) is 26.2 Å². The van der Waals surface area contributed by atoms with E-state index in [1.54, 1.807) is 7.11 Å². The van der Waals surface area contributed by atoms with Gasteiger partial charge in [0.05, 0.1) is 7.11 Å². The van der Waals surface area contributed by atoms with Crippen LogP contribution in [0.1, 0.15) is 26.3 Å². The van der Waals surface area contributed by atoms with Crippen molar-refractivity contribution in [3.63, 3.8) is 0 Å². The van der Waals surface area contributed by atoms with E-state index in [4.69, 9.17) is 4.74 Å². The largest absolute Gasteiger partial charge is 0.497 e. The molecule has 0 aromatic heterocycles. The Morgan fingerprint density at radius 1 is 0.875 bits per heavy atom. The second kappa shape index (κ2) is 3.82. The molecule has 0 unspecified atom stereocenters. The molecule has 1 nitrogen and oxygen atoms in total. The first-order valence-electron chi connectivity index (χ1n) is 5.59. The SMILES string of the molecule is COc1ccc2cc(C(C)(C)C)ccc2c1. The van der Waals surface area contributed by atoms with E-state index < -0.39 is 0 Å². The summed E-state index contributed by atoms with van der Waals surface area (Å²) in [5.74, 6) is 0.913. The first-order valence-corrected chi connectivity index (χ1v) is 5.59. The monoisotopic (exact) mass is 214 g/mol. The van der Waals surface area contributed by atoms with Crippen LogP contribution in [0.3, 0.4) is 0 Å². The van der Waals surface area contributed by atoms with Crippen LogP contribution in [0.15, 0.2) is 36.4 Å². The van der Waals surface area contributed by atoms with Crippen LogP contribution in [0.2, 0.25) is 0 Å². The average Bonchev–Trinajstić information content (AvgIpc) is 2.26. The van der Waals surface area contributed by atoms with Gasteiger partial charge in [0, 0.05) is 0 Å². The summed E-state index contributed by atoms with van der Waals surface area (Å²) in [6.45, 7) is 6.70. The van der Waals surface area contributed by atoms with Gasteiger partial charge in [0.25, 0.3) is 0 Å². The number of rotatable bonds is 1. The topological polar surface area (TPSA) is 9.23 Å². The number of benzene rings is 2. The molecule has 16 heavy (non-hydrogen) atoms. The summed E-state index contributed by atoms with van der Waals surface area (Å²) in [6, 6.07) is 12.8. The molecule has 0 aliphatic carbocycles. The Bertz CT molecular complexity index is 506. The first kappa shape index (κ1) is 11.0. The maximum atomic E-state index is 5.22. The average molecular weight is 214 g/mol. The molecule has 0 radical (unpaired) electrons. The van der Waals surface area contributed by atoms with E-state index in [1.165, 1.54) is 16.3 Å². The van der Waals surface area contributed by atoms with Crippen LogP contribution in [0.4, 0.5) is 0 Å². The van der Waals surface area contributed by atoms with E-state index in [1.807, 2.05) is 6.07 Å². The summed E-state index contributed by atoms with van der Waals surface area (Å²) in [7, 11) is 1.70. The number of hydrogen-bond donors (Lipinski definition) is 0. The molecule has 0 atom stereocenters. The van der Waals surface area contributed by atoms with Crippen molar-refractivity contribution < 1.29 is 4.74 Å². The second-order valence-corrected chi connectivity index (χ2v) is 5.18. The predicted octanol–water partition coefficient (Wildman–Crippen LogP) is 4.15.